The van der Waals surface area contributed by atoms with Crippen molar-refractivity contribution in [2.24, 2.45) is 10.9 Å². The van der Waals surface area contributed by atoms with E-state index in [0.29, 0.717) is 12.5 Å². The van der Waals surface area contributed by atoms with Crippen molar-refractivity contribution in [1.82, 2.24) is 24.9 Å². The van der Waals surface area contributed by atoms with Crippen molar-refractivity contribution in [2.45, 2.75) is 58.0 Å². The van der Waals surface area contributed by atoms with E-state index in [0.717, 1.165) is 55.5 Å². The van der Waals surface area contributed by atoms with Crippen molar-refractivity contribution in [3.8, 4) is 0 Å². The highest BCUT2D eigenvalue weighted by Gasteiger charge is 2.31. The molecule has 1 aliphatic carbocycles. The van der Waals surface area contributed by atoms with Crippen LogP contribution in [0.2, 0.25) is 0 Å². The van der Waals surface area contributed by atoms with Crippen LogP contribution in [0.15, 0.2) is 22.8 Å². The largest absolute Gasteiger partial charge is 0.357 e. The van der Waals surface area contributed by atoms with Gasteiger partial charge in [-0.25, -0.2) is 9.98 Å². The van der Waals surface area contributed by atoms with Gasteiger partial charge in [-0.1, -0.05) is 19.3 Å². The lowest BCUT2D eigenvalue weighted by atomic mass is 9.88. The van der Waals surface area contributed by atoms with Crippen LogP contribution in [-0.2, 0) is 11.3 Å². The highest BCUT2D eigenvalue weighted by molar-refractivity contribution is 7.15. The van der Waals surface area contributed by atoms with E-state index in [1.165, 1.54) is 19.3 Å². The summed E-state index contributed by atoms with van der Waals surface area (Å²) >= 11 is 1.63. The molecule has 1 unspecified atom stereocenters. The summed E-state index contributed by atoms with van der Waals surface area (Å²) in [4.78, 5) is 25.1. The molecule has 8 heteroatoms. The second-order valence-electron chi connectivity index (χ2n) is 7.77. The number of amides is 1. The predicted molar refractivity (Wildman–Crippen MR) is 113 cm³/mol. The number of rotatable bonds is 5. The molecule has 152 valence electrons. The number of hydrogen-bond acceptors (Lipinski definition) is 4. The summed E-state index contributed by atoms with van der Waals surface area (Å²) in [6.07, 6.45) is 10.8. The Balaban J connectivity index is 1.32. The summed E-state index contributed by atoms with van der Waals surface area (Å²) in [6.45, 7) is 5.05. The summed E-state index contributed by atoms with van der Waals surface area (Å²) < 4.78 is 2.03. The highest BCUT2D eigenvalue weighted by atomic mass is 32.1. The molecule has 0 bridgehead atoms. The Morgan fingerprint density at radius 3 is 2.96 bits per heavy atom. The molecule has 2 aromatic heterocycles. The maximum absolute atomic E-state index is 12.8. The minimum Gasteiger partial charge on any atom is -0.357 e. The zero-order valence-corrected chi connectivity index (χ0v) is 17.4. The maximum atomic E-state index is 12.8. The van der Waals surface area contributed by atoms with Gasteiger partial charge in [0.2, 0.25) is 5.91 Å². The number of aliphatic imine (C=N–C) groups is 1. The molecule has 1 saturated carbocycles. The predicted octanol–water partition coefficient (Wildman–Crippen LogP) is 2.63. The molecule has 1 amide bonds. The van der Waals surface area contributed by atoms with Crippen molar-refractivity contribution >= 4 is 28.2 Å². The van der Waals surface area contributed by atoms with Crippen molar-refractivity contribution in [1.29, 1.82) is 0 Å². The first-order valence-electron chi connectivity index (χ1n) is 10.5. The quantitative estimate of drug-likeness (QED) is 0.596. The number of thiazole rings is 1. The zero-order chi connectivity index (χ0) is 19.3. The zero-order valence-electron chi connectivity index (χ0n) is 16.6. The van der Waals surface area contributed by atoms with E-state index >= 15 is 0 Å². The number of nitrogens with one attached hydrogen (secondary N) is 2. The molecule has 2 fully saturated rings. The third-order valence-electron chi connectivity index (χ3n) is 5.68. The number of nitrogens with zero attached hydrogens (tertiary/aromatic N) is 4. The van der Waals surface area contributed by atoms with Gasteiger partial charge < -0.3 is 15.5 Å². The molecule has 0 radical (unpaired) electrons. The number of carbonyl (C=O) groups excluding carboxylic acids is 1. The molecule has 2 N–H and O–H groups in total. The van der Waals surface area contributed by atoms with Crippen molar-refractivity contribution < 1.29 is 4.79 Å². The molecule has 1 saturated heterocycles. The molecule has 7 nitrogen and oxygen atoms in total. The fourth-order valence-corrected chi connectivity index (χ4v) is 4.93. The van der Waals surface area contributed by atoms with Crippen LogP contribution in [0.1, 0.15) is 51.1 Å². The van der Waals surface area contributed by atoms with Crippen LogP contribution in [0.4, 0.5) is 0 Å². The Bertz CT molecular complexity index is 793. The monoisotopic (exact) mass is 402 g/mol. The van der Waals surface area contributed by atoms with E-state index in [4.69, 9.17) is 4.99 Å². The highest BCUT2D eigenvalue weighted by Crippen LogP contribution is 2.26. The average Bonchev–Trinajstić information content (AvgIpc) is 3.43. The number of hydrogen-bond donors (Lipinski definition) is 2. The summed E-state index contributed by atoms with van der Waals surface area (Å²) in [5, 5.41) is 8.86. The van der Waals surface area contributed by atoms with Crippen LogP contribution in [0.5, 0.6) is 0 Å². The van der Waals surface area contributed by atoms with Gasteiger partial charge in [-0.2, -0.15) is 0 Å². The average molecular weight is 403 g/mol. The summed E-state index contributed by atoms with van der Waals surface area (Å²) in [6, 6.07) is 0.260. The van der Waals surface area contributed by atoms with Gasteiger partial charge in [-0.15, -0.1) is 11.3 Å². The fraction of sp³-hybridized carbons (Fsp3) is 0.650. The van der Waals surface area contributed by atoms with Crippen LogP contribution in [0.3, 0.4) is 0 Å². The van der Waals surface area contributed by atoms with Gasteiger partial charge in [0.1, 0.15) is 0 Å². The Morgan fingerprint density at radius 2 is 2.18 bits per heavy atom. The Labute approximate surface area is 170 Å². The Morgan fingerprint density at radius 1 is 1.32 bits per heavy atom. The van der Waals surface area contributed by atoms with E-state index in [9.17, 15) is 4.79 Å². The first-order valence-corrected chi connectivity index (χ1v) is 11.4. The molecule has 28 heavy (non-hydrogen) atoms. The Kier molecular flexibility index (Phi) is 6.14. The normalized spacial score (nSPS) is 21.4. The van der Waals surface area contributed by atoms with Crippen molar-refractivity contribution in [3.05, 3.63) is 23.5 Å². The van der Waals surface area contributed by atoms with Crippen molar-refractivity contribution in [3.63, 3.8) is 0 Å². The number of imidazole rings is 1. The van der Waals surface area contributed by atoms with Gasteiger partial charge in [0.15, 0.2) is 10.9 Å². The number of guanidine groups is 1. The molecular weight excluding hydrogens is 372 g/mol. The number of carbonyl (C=O) groups is 1. The molecule has 0 spiro atoms. The second-order valence-corrected chi connectivity index (χ2v) is 8.64. The lowest BCUT2D eigenvalue weighted by molar-refractivity contribution is -0.135. The smallest absolute Gasteiger partial charge is 0.225 e. The first-order chi connectivity index (χ1) is 13.7. The molecule has 3 heterocycles. The second kappa shape index (κ2) is 8.94. The van der Waals surface area contributed by atoms with Crippen LogP contribution in [0, 0.1) is 5.92 Å². The number of fused-ring (bicyclic) bond motifs is 1. The van der Waals surface area contributed by atoms with Crippen LogP contribution < -0.4 is 10.6 Å². The molecule has 1 atom stereocenters. The molecule has 1 aliphatic heterocycles. The molecule has 4 rings (SSSR count). The maximum Gasteiger partial charge on any atom is 0.225 e. The van der Waals surface area contributed by atoms with E-state index in [1.54, 1.807) is 11.3 Å². The SMILES string of the molecule is CCNC(=NCc1cn2ccsc2n1)NC1CCN(C(=O)C2CCCCC2)C1. The van der Waals surface area contributed by atoms with Gasteiger partial charge in [0.05, 0.1) is 12.2 Å². The van der Waals surface area contributed by atoms with E-state index < -0.39 is 0 Å². The fourth-order valence-electron chi connectivity index (χ4n) is 4.21. The third-order valence-corrected chi connectivity index (χ3v) is 6.45. The van der Waals surface area contributed by atoms with E-state index in [-0.39, 0.29) is 12.0 Å². The van der Waals surface area contributed by atoms with E-state index in [2.05, 4.69) is 27.4 Å². The van der Waals surface area contributed by atoms with Crippen LogP contribution >= 0.6 is 11.3 Å². The molecular formula is C20H30N6OS. The molecule has 2 aliphatic rings. The van der Waals surface area contributed by atoms with Gasteiger partial charge in [0.25, 0.3) is 0 Å². The summed E-state index contributed by atoms with van der Waals surface area (Å²) in [5.41, 5.74) is 0.963. The van der Waals surface area contributed by atoms with E-state index in [1.807, 2.05) is 22.2 Å². The summed E-state index contributed by atoms with van der Waals surface area (Å²) in [5.74, 6) is 1.42. The van der Waals surface area contributed by atoms with Crippen LogP contribution in [0.25, 0.3) is 4.96 Å². The lowest BCUT2D eigenvalue weighted by Crippen LogP contribution is -2.45. The standard InChI is InChI=1S/C20H30N6OS/c1-2-21-19(22-12-17-14-26-10-11-28-20(26)24-17)23-16-8-9-25(13-16)18(27)15-6-4-3-5-7-15/h10-11,14-16H,2-9,12-13H2,1H3,(H2,21,22,23). The molecule has 2 aromatic rings. The number of aromatic nitrogens is 2. The number of likely N-dealkylation sites (tertiary alicyclic amines) is 1. The summed E-state index contributed by atoms with van der Waals surface area (Å²) in [7, 11) is 0. The topological polar surface area (TPSA) is 74.0 Å². The van der Waals surface area contributed by atoms with Crippen molar-refractivity contribution in [2.75, 3.05) is 19.6 Å². The Hall–Kier alpha value is -2.09. The lowest BCUT2D eigenvalue weighted by Gasteiger charge is -2.26. The minimum atomic E-state index is 0.254. The van der Waals surface area contributed by atoms with Gasteiger partial charge in [0, 0.05) is 49.4 Å². The van der Waals surface area contributed by atoms with Gasteiger partial charge in [-0.3, -0.25) is 9.20 Å². The van der Waals surface area contributed by atoms with Gasteiger partial charge in [-0.05, 0) is 26.2 Å². The first kappa shape index (κ1) is 19.2. The third kappa shape index (κ3) is 4.48. The molecule has 0 aromatic carbocycles. The van der Waals surface area contributed by atoms with Crippen LogP contribution in [-0.4, -0.2) is 51.8 Å². The van der Waals surface area contributed by atoms with Gasteiger partial charge >= 0.3 is 0 Å². The minimum absolute atomic E-state index is 0.254.